The number of carbonyl (C=O) groups excluding carboxylic acids is 1. The number of thiophene rings is 1. The third kappa shape index (κ3) is 3.69. The minimum absolute atomic E-state index is 0.00276. The molecule has 0 saturated carbocycles. The number of carbonyl (C=O) groups is 1. The third-order valence-corrected chi connectivity index (χ3v) is 6.26. The zero-order valence-electron chi connectivity index (χ0n) is 16.5. The van der Waals surface area contributed by atoms with Gasteiger partial charge in [-0.25, -0.2) is 5.43 Å². The summed E-state index contributed by atoms with van der Waals surface area (Å²) in [6.07, 6.45) is 4.71. The molecule has 0 fully saturated rings. The van der Waals surface area contributed by atoms with Crippen molar-refractivity contribution < 1.29 is 9.72 Å². The van der Waals surface area contributed by atoms with Crippen molar-refractivity contribution in [1.82, 2.24) is 9.99 Å². The summed E-state index contributed by atoms with van der Waals surface area (Å²) < 4.78 is 3.03. The van der Waals surface area contributed by atoms with Gasteiger partial charge >= 0.3 is 0 Å². The van der Waals surface area contributed by atoms with Gasteiger partial charge in [-0.15, -0.1) is 11.3 Å². The Labute approximate surface area is 176 Å². The molecule has 2 aromatic heterocycles. The Hall–Kier alpha value is -3.52. The molecule has 0 radical (unpaired) electrons. The Bertz CT molecular complexity index is 1290. The lowest BCUT2D eigenvalue weighted by molar-refractivity contribution is -0.384. The highest BCUT2D eigenvalue weighted by molar-refractivity contribution is 7.20. The van der Waals surface area contributed by atoms with Crippen LogP contribution in [0.2, 0.25) is 0 Å². The lowest BCUT2D eigenvalue weighted by atomic mass is 10.2. The van der Waals surface area contributed by atoms with Gasteiger partial charge in [-0.05, 0) is 31.5 Å². The second-order valence-corrected chi connectivity index (χ2v) is 8.14. The van der Waals surface area contributed by atoms with Crippen LogP contribution in [0, 0.1) is 10.1 Å². The molecule has 0 spiro atoms. The van der Waals surface area contributed by atoms with Crippen LogP contribution in [0.5, 0.6) is 0 Å². The molecule has 0 unspecified atom stereocenters. The molecule has 30 heavy (non-hydrogen) atoms. The predicted molar refractivity (Wildman–Crippen MR) is 120 cm³/mol. The summed E-state index contributed by atoms with van der Waals surface area (Å²) in [4.78, 5) is 23.4. The highest BCUT2D eigenvalue weighted by atomic mass is 32.1. The van der Waals surface area contributed by atoms with Crippen molar-refractivity contribution in [2.24, 2.45) is 5.10 Å². The second kappa shape index (κ2) is 8.08. The van der Waals surface area contributed by atoms with Crippen LogP contribution in [0.15, 0.2) is 59.8 Å². The van der Waals surface area contributed by atoms with E-state index in [2.05, 4.69) is 35.0 Å². The lowest BCUT2D eigenvalue weighted by Crippen LogP contribution is -2.16. The third-order valence-electron chi connectivity index (χ3n) is 5.14. The fourth-order valence-corrected chi connectivity index (χ4v) is 4.30. The highest BCUT2D eigenvalue weighted by Crippen LogP contribution is 2.29. The van der Waals surface area contributed by atoms with E-state index in [0.717, 1.165) is 27.6 Å². The number of aromatic nitrogens is 1. The Morgan fingerprint density at radius 1 is 1.30 bits per heavy atom. The van der Waals surface area contributed by atoms with Crippen molar-refractivity contribution in [3.05, 3.63) is 75.3 Å². The number of hydrazone groups is 1. The molecule has 2 heterocycles. The van der Waals surface area contributed by atoms with Crippen LogP contribution in [0.4, 0.5) is 5.69 Å². The van der Waals surface area contributed by atoms with Crippen LogP contribution < -0.4 is 5.43 Å². The SMILES string of the molecule is CC[C@H](C)n1cc(/C=N\NC(=O)c2cc3cc([N+](=O)[O-])ccc3s2)c2ccccc21. The molecule has 0 saturated heterocycles. The van der Waals surface area contributed by atoms with E-state index in [1.807, 2.05) is 24.4 Å². The molecule has 4 rings (SSSR count). The minimum Gasteiger partial charge on any atom is -0.344 e. The number of non-ortho nitro benzene ring substituents is 1. The normalized spacial score (nSPS) is 12.6. The highest BCUT2D eigenvalue weighted by Gasteiger charge is 2.14. The molecule has 7 nitrogen and oxygen atoms in total. The van der Waals surface area contributed by atoms with Gasteiger partial charge in [-0.1, -0.05) is 25.1 Å². The monoisotopic (exact) mass is 420 g/mol. The van der Waals surface area contributed by atoms with Gasteiger partial charge < -0.3 is 4.57 Å². The van der Waals surface area contributed by atoms with E-state index in [1.165, 1.54) is 23.5 Å². The Morgan fingerprint density at radius 3 is 2.87 bits per heavy atom. The lowest BCUT2D eigenvalue weighted by Gasteiger charge is -2.12. The van der Waals surface area contributed by atoms with Crippen LogP contribution >= 0.6 is 11.3 Å². The zero-order valence-corrected chi connectivity index (χ0v) is 17.3. The number of rotatable bonds is 6. The van der Waals surface area contributed by atoms with Crippen LogP contribution in [-0.4, -0.2) is 21.6 Å². The zero-order chi connectivity index (χ0) is 21.3. The van der Waals surface area contributed by atoms with E-state index < -0.39 is 4.92 Å². The van der Waals surface area contributed by atoms with E-state index in [4.69, 9.17) is 0 Å². The van der Waals surface area contributed by atoms with Gasteiger partial charge in [0.15, 0.2) is 0 Å². The van der Waals surface area contributed by atoms with Gasteiger partial charge in [0.2, 0.25) is 0 Å². The molecule has 0 aliphatic rings. The number of hydrogen-bond acceptors (Lipinski definition) is 5. The number of para-hydroxylation sites is 1. The maximum absolute atomic E-state index is 12.5. The predicted octanol–water partition coefficient (Wildman–Crippen LogP) is 5.50. The van der Waals surface area contributed by atoms with Gasteiger partial charge in [-0.2, -0.15) is 5.10 Å². The van der Waals surface area contributed by atoms with Crippen LogP contribution in [0.25, 0.3) is 21.0 Å². The maximum Gasteiger partial charge on any atom is 0.281 e. The first-order chi connectivity index (χ1) is 14.5. The minimum atomic E-state index is -0.447. The van der Waals surface area contributed by atoms with Gasteiger partial charge in [0, 0.05) is 50.9 Å². The van der Waals surface area contributed by atoms with E-state index in [1.54, 1.807) is 18.3 Å². The quantitative estimate of drug-likeness (QED) is 0.254. The molecule has 8 heteroatoms. The molecular formula is C22H20N4O3S. The molecule has 1 amide bonds. The molecule has 0 bridgehead atoms. The van der Waals surface area contributed by atoms with Crippen molar-refractivity contribution >= 4 is 50.1 Å². The molecule has 0 aliphatic carbocycles. The van der Waals surface area contributed by atoms with E-state index in [0.29, 0.717) is 16.3 Å². The Kier molecular flexibility index (Phi) is 5.33. The maximum atomic E-state index is 12.5. The number of amides is 1. The summed E-state index contributed by atoms with van der Waals surface area (Å²) in [5.41, 5.74) is 4.62. The largest absolute Gasteiger partial charge is 0.344 e. The molecule has 1 N–H and O–H groups in total. The average Bonchev–Trinajstić information content (AvgIpc) is 3.34. The number of hydrogen-bond donors (Lipinski definition) is 1. The average molecular weight is 420 g/mol. The van der Waals surface area contributed by atoms with Gasteiger partial charge in [0.25, 0.3) is 11.6 Å². The van der Waals surface area contributed by atoms with E-state index in [9.17, 15) is 14.9 Å². The number of nitro groups is 1. The van der Waals surface area contributed by atoms with Gasteiger partial charge in [-0.3, -0.25) is 14.9 Å². The van der Waals surface area contributed by atoms with Crippen molar-refractivity contribution in [3.8, 4) is 0 Å². The standard InChI is InChI=1S/C22H20N4O3S/c1-3-14(2)25-13-16(18-6-4-5-7-19(18)25)12-23-24-22(27)21-11-15-10-17(26(28)29)8-9-20(15)30-21/h4-14H,3H2,1-2H3,(H,24,27)/b23-12-/t14-/m0/s1. The molecule has 152 valence electrons. The number of nitrogens with zero attached hydrogens (tertiary/aromatic N) is 3. The molecular weight excluding hydrogens is 400 g/mol. The van der Waals surface area contributed by atoms with Crippen molar-refractivity contribution in [2.45, 2.75) is 26.3 Å². The molecule has 4 aromatic rings. The molecule has 0 aliphatic heterocycles. The summed E-state index contributed by atoms with van der Waals surface area (Å²) in [7, 11) is 0. The Morgan fingerprint density at radius 2 is 2.10 bits per heavy atom. The summed E-state index contributed by atoms with van der Waals surface area (Å²) in [6, 6.07) is 14.7. The number of nitrogens with one attached hydrogen (secondary N) is 1. The summed E-state index contributed by atoms with van der Waals surface area (Å²) in [5, 5.41) is 16.8. The first-order valence-corrected chi connectivity index (χ1v) is 10.4. The van der Waals surface area contributed by atoms with Crippen molar-refractivity contribution in [1.29, 1.82) is 0 Å². The van der Waals surface area contributed by atoms with Crippen molar-refractivity contribution in [2.75, 3.05) is 0 Å². The second-order valence-electron chi connectivity index (χ2n) is 7.06. The Balaban J connectivity index is 1.55. The van der Waals surface area contributed by atoms with E-state index in [-0.39, 0.29) is 11.6 Å². The topological polar surface area (TPSA) is 89.5 Å². The fraction of sp³-hybridized carbons (Fsp3) is 0.182. The molecule has 1 atom stereocenters. The first-order valence-electron chi connectivity index (χ1n) is 9.59. The summed E-state index contributed by atoms with van der Waals surface area (Å²) in [5.74, 6) is -0.347. The van der Waals surface area contributed by atoms with E-state index >= 15 is 0 Å². The fourth-order valence-electron chi connectivity index (χ4n) is 3.37. The first kappa shape index (κ1) is 19.8. The smallest absolute Gasteiger partial charge is 0.281 e. The van der Waals surface area contributed by atoms with Crippen LogP contribution in [0.1, 0.15) is 41.5 Å². The number of nitro benzene ring substituents is 1. The number of benzene rings is 2. The molecule has 2 aromatic carbocycles. The summed E-state index contributed by atoms with van der Waals surface area (Å²) in [6.45, 7) is 4.31. The number of fused-ring (bicyclic) bond motifs is 2. The van der Waals surface area contributed by atoms with Crippen molar-refractivity contribution in [3.63, 3.8) is 0 Å². The van der Waals surface area contributed by atoms with Gasteiger partial charge in [0.1, 0.15) is 0 Å². The van der Waals surface area contributed by atoms with Crippen LogP contribution in [0.3, 0.4) is 0 Å². The van der Waals surface area contributed by atoms with Crippen LogP contribution in [-0.2, 0) is 0 Å². The van der Waals surface area contributed by atoms with Gasteiger partial charge in [0.05, 0.1) is 16.0 Å². The summed E-state index contributed by atoms with van der Waals surface area (Å²) >= 11 is 1.27.